The number of hydrogen-bond acceptors (Lipinski definition) is 5. The van der Waals surface area contributed by atoms with E-state index in [2.05, 4.69) is 15.9 Å². The summed E-state index contributed by atoms with van der Waals surface area (Å²) in [5.74, 6) is -0.534. The standard InChI is InChI=1S/C10H15BrO5/c1-10(2)14-3-5(16-10)6-7-8(9(11)15-6)13-4-12-7/h5-9H,3-4H2,1-2H3/t5?,6?,7-,8-,9-/m0/s1. The van der Waals surface area contributed by atoms with Crippen LogP contribution in [-0.4, -0.2) is 48.6 Å². The summed E-state index contributed by atoms with van der Waals surface area (Å²) >= 11 is 3.44. The lowest BCUT2D eigenvalue weighted by Crippen LogP contribution is -2.39. The van der Waals surface area contributed by atoms with Gasteiger partial charge in [-0.3, -0.25) is 0 Å². The highest BCUT2D eigenvalue weighted by Gasteiger charge is 2.54. The van der Waals surface area contributed by atoms with Crippen molar-refractivity contribution in [1.82, 2.24) is 0 Å². The third-order valence-electron chi connectivity index (χ3n) is 3.11. The first kappa shape index (κ1) is 11.4. The lowest BCUT2D eigenvalue weighted by atomic mass is 10.1. The van der Waals surface area contributed by atoms with Crippen LogP contribution in [-0.2, 0) is 23.7 Å². The van der Waals surface area contributed by atoms with Crippen molar-refractivity contribution in [3.63, 3.8) is 0 Å². The van der Waals surface area contributed by atoms with Crippen LogP contribution in [0, 0.1) is 0 Å². The SMILES string of the molecule is CC1(C)OCC(C2O[C@H](Br)[C@H]3OCO[C@@H]23)O1. The summed E-state index contributed by atoms with van der Waals surface area (Å²) in [6, 6.07) is 0. The van der Waals surface area contributed by atoms with E-state index in [1.165, 1.54) is 0 Å². The largest absolute Gasteiger partial charge is 0.355 e. The van der Waals surface area contributed by atoms with Gasteiger partial charge in [-0.1, -0.05) is 15.9 Å². The summed E-state index contributed by atoms with van der Waals surface area (Å²) in [6.07, 6.45) is -0.324. The minimum atomic E-state index is -0.534. The molecule has 0 radical (unpaired) electrons. The Balaban J connectivity index is 1.72. The van der Waals surface area contributed by atoms with Gasteiger partial charge in [0.1, 0.15) is 36.2 Å². The Bertz CT molecular complexity index is 284. The number of fused-ring (bicyclic) bond motifs is 1. The van der Waals surface area contributed by atoms with Crippen LogP contribution in [0.1, 0.15) is 13.8 Å². The fourth-order valence-corrected chi connectivity index (χ4v) is 3.08. The van der Waals surface area contributed by atoms with Crippen LogP contribution >= 0.6 is 15.9 Å². The molecule has 0 aliphatic carbocycles. The first-order valence-corrected chi connectivity index (χ1v) is 6.33. The van der Waals surface area contributed by atoms with Gasteiger partial charge in [0, 0.05) is 0 Å². The van der Waals surface area contributed by atoms with E-state index in [1.807, 2.05) is 13.8 Å². The second-order valence-electron chi connectivity index (χ2n) is 4.70. The smallest absolute Gasteiger partial charge is 0.163 e. The number of hydrogen-bond donors (Lipinski definition) is 0. The van der Waals surface area contributed by atoms with Gasteiger partial charge >= 0.3 is 0 Å². The van der Waals surface area contributed by atoms with Gasteiger partial charge in [0.25, 0.3) is 0 Å². The lowest BCUT2D eigenvalue weighted by Gasteiger charge is -2.23. The molecule has 0 aromatic rings. The summed E-state index contributed by atoms with van der Waals surface area (Å²) in [4.78, 5) is 0. The summed E-state index contributed by atoms with van der Waals surface area (Å²) in [5, 5.41) is -0.127. The fourth-order valence-electron chi connectivity index (χ4n) is 2.37. The number of halogens is 1. The van der Waals surface area contributed by atoms with Crippen LogP contribution in [0.15, 0.2) is 0 Å². The first-order valence-electron chi connectivity index (χ1n) is 5.41. The highest BCUT2D eigenvalue weighted by Crippen LogP contribution is 2.38. The van der Waals surface area contributed by atoms with E-state index in [4.69, 9.17) is 23.7 Å². The summed E-state index contributed by atoms with van der Waals surface area (Å²) in [7, 11) is 0. The first-order chi connectivity index (χ1) is 7.57. The third kappa shape index (κ3) is 1.81. The van der Waals surface area contributed by atoms with Crippen molar-refractivity contribution in [1.29, 1.82) is 0 Å². The maximum Gasteiger partial charge on any atom is 0.163 e. The molecule has 5 atom stereocenters. The molecule has 0 spiro atoms. The predicted octanol–water partition coefficient (Wildman–Crippen LogP) is 0.999. The normalized spacial score (nSPS) is 50.8. The molecule has 5 nitrogen and oxygen atoms in total. The molecule has 3 saturated heterocycles. The molecular weight excluding hydrogens is 280 g/mol. The minimum absolute atomic E-state index is 0.0442. The molecule has 0 bridgehead atoms. The molecule has 16 heavy (non-hydrogen) atoms. The number of ether oxygens (including phenoxy) is 5. The molecule has 3 fully saturated rings. The Morgan fingerprint density at radius 2 is 1.88 bits per heavy atom. The summed E-state index contributed by atoms with van der Waals surface area (Å²) in [5.41, 5.74) is 0. The monoisotopic (exact) mass is 294 g/mol. The van der Waals surface area contributed by atoms with Crippen molar-refractivity contribution >= 4 is 15.9 Å². The lowest BCUT2D eigenvalue weighted by molar-refractivity contribution is -0.162. The topological polar surface area (TPSA) is 46.2 Å². The maximum absolute atomic E-state index is 5.79. The Labute approximate surface area is 102 Å². The predicted molar refractivity (Wildman–Crippen MR) is 57.1 cm³/mol. The molecule has 2 unspecified atom stereocenters. The molecule has 0 aromatic heterocycles. The van der Waals surface area contributed by atoms with E-state index in [0.29, 0.717) is 13.4 Å². The van der Waals surface area contributed by atoms with Gasteiger partial charge < -0.3 is 23.7 Å². The van der Waals surface area contributed by atoms with Gasteiger partial charge in [0.2, 0.25) is 0 Å². The molecule has 0 N–H and O–H groups in total. The zero-order valence-electron chi connectivity index (χ0n) is 9.22. The molecule has 0 saturated carbocycles. The van der Waals surface area contributed by atoms with E-state index in [-0.39, 0.29) is 29.4 Å². The van der Waals surface area contributed by atoms with Crippen molar-refractivity contribution in [2.75, 3.05) is 13.4 Å². The van der Waals surface area contributed by atoms with E-state index in [9.17, 15) is 0 Å². The number of rotatable bonds is 1. The van der Waals surface area contributed by atoms with E-state index in [1.54, 1.807) is 0 Å². The van der Waals surface area contributed by atoms with Crippen molar-refractivity contribution < 1.29 is 23.7 Å². The average Bonchev–Trinajstić information content (AvgIpc) is 2.84. The van der Waals surface area contributed by atoms with Crippen LogP contribution < -0.4 is 0 Å². The second kappa shape index (κ2) is 3.90. The fraction of sp³-hybridized carbons (Fsp3) is 1.00. The molecule has 3 aliphatic heterocycles. The molecule has 92 valence electrons. The van der Waals surface area contributed by atoms with Crippen molar-refractivity contribution in [2.24, 2.45) is 0 Å². The molecule has 0 amide bonds. The van der Waals surface area contributed by atoms with Crippen LogP contribution in [0.25, 0.3) is 0 Å². The maximum atomic E-state index is 5.79. The van der Waals surface area contributed by atoms with E-state index in [0.717, 1.165) is 0 Å². The molecule has 6 heteroatoms. The average molecular weight is 295 g/mol. The highest BCUT2D eigenvalue weighted by molar-refractivity contribution is 9.09. The molecule has 3 aliphatic rings. The van der Waals surface area contributed by atoms with Crippen LogP contribution in [0.2, 0.25) is 0 Å². The van der Waals surface area contributed by atoms with Crippen LogP contribution in [0.4, 0.5) is 0 Å². The molecule has 0 aromatic carbocycles. The Kier molecular flexibility index (Phi) is 2.77. The van der Waals surface area contributed by atoms with Gasteiger partial charge in [-0.05, 0) is 13.8 Å². The Morgan fingerprint density at radius 1 is 1.12 bits per heavy atom. The van der Waals surface area contributed by atoms with Gasteiger partial charge in [-0.15, -0.1) is 0 Å². The third-order valence-corrected chi connectivity index (χ3v) is 3.85. The second-order valence-corrected chi connectivity index (χ2v) is 5.60. The Morgan fingerprint density at radius 3 is 2.56 bits per heavy atom. The van der Waals surface area contributed by atoms with Crippen molar-refractivity contribution in [2.45, 2.75) is 49.1 Å². The van der Waals surface area contributed by atoms with Gasteiger partial charge in [0.15, 0.2) is 5.79 Å². The molecule has 3 rings (SSSR count). The zero-order chi connectivity index (χ0) is 11.3. The zero-order valence-corrected chi connectivity index (χ0v) is 10.8. The quantitative estimate of drug-likeness (QED) is 0.675. The van der Waals surface area contributed by atoms with Crippen molar-refractivity contribution in [3.05, 3.63) is 0 Å². The Hall–Kier alpha value is 0.280. The highest BCUT2D eigenvalue weighted by atomic mass is 79.9. The van der Waals surface area contributed by atoms with E-state index >= 15 is 0 Å². The summed E-state index contributed by atoms with van der Waals surface area (Å²) < 4.78 is 28.1. The molecule has 3 heterocycles. The number of alkyl halides is 1. The minimum Gasteiger partial charge on any atom is -0.355 e. The van der Waals surface area contributed by atoms with Crippen LogP contribution in [0.5, 0.6) is 0 Å². The van der Waals surface area contributed by atoms with Crippen LogP contribution in [0.3, 0.4) is 0 Å². The molecular formula is C10H15BrO5. The van der Waals surface area contributed by atoms with E-state index < -0.39 is 5.79 Å². The summed E-state index contributed by atoms with van der Waals surface area (Å²) in [6.45, 7) is 4.66. The van der Waals surface area contributed by atoms with Crippen molar-refractivity contribution in [3.8, 4) is 0 Å². The van der Waals surface area contributed by atoms with Gasteiger partial charge in [-0.25, -0.2) is 0 Å². The van der Waals surface area contributed by atoms with Gasteiger partial charge in [0.05, 0.1) is 6.61 Å². The van der Waals surface area contributed by atoms with Gasteiger partial charge in [-0.2, -0.15) is 0 Å².